The predicted molar refractivity (Wildman–Crippen MR) is 98.0 cm³/mol. The summed E-state index contributed by atoms with van der Waals surface area (Å²) in [6, 6.07) is 7.15. The number of aromatic nitrogens is 3. The van der Waals surface area contributed by atoms with Crippen LogP contribution in [0, 0.1) is 11.7 Å². The molecule has 3 heterocycles. The lowest BCUT2D eigenvalue weighted by atomic mass is 9.80. The zero-order chi connectivity index (χ0) is 18.6. The summed E-state index contributed by atoms with van der Waals surface area (Å²) in [4.78, 5) is 18.3. The fraction of sp³-hybridized carbons (Fsp3) is 0.526. The van der Waals surface area contributed by atoms with E-state index in [2.05, 4.69) is 20.9 Å². The SMILES string of the molecule is O=C(CCn1cncn1)N1CCC(C2NNCC2c2cccc(F)c2)CC1. The third-order valence-electron chi connectivity index (χ3n) is 5.72. The Hall–Kier alpha value is -2.32. The largest absolute Gasteiger partial charge is 0.343 e. The minimum Gasteiger partial charge on any atom is -0.343 e. The lowest BCUT2D eigenvalue weighted by Crippen LogP contribution is -2.46. The summed E-state index contributed by atoms with van der Waals surface area (Å²) in [6.45, 7) is 2.91. The molecule has 0 spiro atoms. The normalized spacial score (nSPS) is 23.7. The zero-order valence-corrected chi connectivity index (χ0v) is 15.2. The Morgan fingerprint density at radius 3 is 2.89 bits per heavy atom. The van der Waals surface area contributed by atoms with Crippen LogP contribution in [0.25, 0.3) is 0 Å². The van der Waals surface area contributed by atoms with Crippen molar-refractivity contribution in [3.05, 3.63) is 48.3 Å². The summed E-state index contributed by atoms with van der Waals surface area (Å²) in [5.41, 5.74) is 7.66. The van der Waals surface area contributed by atoms with Gasteiger partial charge in [0.05, 0.1) is 6.54 Å². The van der Waals surface area contributed by atoms with Crippen molar-refractivity contribution in [3.63, 3.8) is 0 Å². The molecule has 2 saturated heterocycles. The number of nitrogens with one attached hydrogen (secondary N) is 2. The van der Waals surface area contributed by atoms with Gasteiger partial charge >= 0.3 is 0 Å². The van der Waals surface area contributed by atoms with Gasteiger partial charge in [0, 0.05) is 38.0 Å². The molecule has 1 aromatic carbocycles. The Labute approximate surface area is 157 Å². The quantitative estimate of drug-likeness (QED) is 0.828. The number of carbonyl (C=O) groups excluding carboxylic acids is 1. The van der Waals surface area contributed by atoms with Crippen molar-refractivity contribution in [3.8, 4) is 0 Å². The standard InChI is InChI=1S/C19H25FN6O/c20-16-3-1-2-15(10-16)17-11-22-24-19(17)14-4-7-25(8-5-14)18(27)6-9-26-13-21-12-23-26/h1-3,10,12-14,17,19,22,24H,4-9,11H2. The highest BCUT2D eigenvalue weighted by Crippen LogP contribution is 2.32. The summed E-state index contributed by atoms with van der Waals surface area (Å²) in [7, 11) is 0. The number of benzene rings is 1. The molecule has 144 valence electrons. The maximum absolute atomic E-state index is 13.6. The highest BCUT2D eigenvalue weighted by atomic mass is 19.1. The minimum absolute atomic E-state index is 0.170. The summed E-state index contributed by atoms with van der Waals surface area (Å²) in [6.07, 6.45) is 5.47. The van der Waals surface area contributed by atoms with E-state index in [1.54, 1.807) is 23.1 Å². The van der Waals surface area contributed by atoms with E-state index in [0.717, 1.165) is 38.0 Å². The number of carbonyl (C=O) groups is 1. The number of hydrazine groups is 1. The van der Waals surface area contributed by atoms with Crippen LogP contribution in [0.4, 0.5) is 4.39 Å². The molecular formula is C19H25FN6O. The van der Waals surface area contributed by atoms with Gasteiger partial charge in [-0.05, 0) is 36.5 Å². The summed E-state index contributed by atoms with van der Waals surface area (Å²) >= 11 is 0. The Morgan fingerprint density at radius 1 is 1.30 bits per heavy atom. The van der Waals surface area contributed by atoms with Gasteiger partial charge in [-0.2, -0.15) is 5.10 Å². The maximum Gasteiger partial charge on any atom is 0.224 e. The first kappa shape index (κ1) is 18.1. The van der Waals surface area contributed by atoms with Crippen molar-refractivity contribution in [2.75, 3.05) is 19.6 Å². The number of likely N-dealkylation sites (tertiary alicyclic amines) is 1. The van der Waals surface area contributed by atoms with Gasteiger partial charge in [-0.1, -0.05) is 12.1 Å². The highest BCUT2D eigenvalue weighted by Gasteiger charge is 2.36. The van der Waals surface area contributed by atoms with E-state index in [4.69, 9.17) is 0 Å². The molecule has 2 aromatic rings. The van der Waals surface area contributed by atoms with E-state index in [1.807, 2.05) is 11.0 Å². The Bertz CT molecular complexity index is 759. The molecule has 27 heavy (non-hydrogen) atoms. The molecule has 8 heteroatoms. The summed E-state index contributed by atoms with van der Waals surface area (Å²) in [5, 5.41) is 4.03. The second-order valence-corrected chi connectivity index (χ2v) is 7.34. The smallest absolute Gasteiger partial charge is 0.224 e. The number of halogens is 1. The molecule has 4 rings (SSSR count). The Kier molecular flexibility index (Phi) is 5.45. The van der Waals surface area contributed by atoms with Crippen LogP contribution in [0.1, 0.15) is 30.7 Å². The number of amides is 1. The van der Waals surface area contributed by atoms with Crippen LogP contribution in [0.2, 0.25) is 0 Å². The van der Waals surface area contributed by atoms with Gasteiger partial charge in [-0.3, -0.25) is 20.3 Å². The number of hydrogen-bond donors (Lipinski definition) is 2. The predicted octanol–water partition coefficient (Wildman–Crippen LogP) is 1.31. The molecule has 7 nitrogen and oxygen atoms in total. The van der Waals surface area contributed by atoms with E-state index in [1.165, 1.54) is 12.4 Å². The van der Waals surface area contributed by atoms with Crippen molar-refractivity contribution in [1.29, 1.82) is 0 Å². The van der Waals surface area contributed by atoms with Crippen molar-refractivity contribution >= 4 is 5.91 Å². The van der Waals surface area contributed by atoms with Crippen LogP contribution < -0.4 is 10.9 Å². The molecule has 0 saturated carbocycles. The van der Waals surface area contributed by atoms with Gasteiger partial charge in [0.1, 0.15) is 18.5 Å². The number of aryl methyl sites for hydroxylation is 1. The van der Waals surface area contributed by atoms with E-state index in [9.17, 15) is 9.18 Å². The van der Waals surface area contributed by atoms with Crippen LogP contribution in [-0.2, 0) is 11.3 Å². The molecule has 2 unspecified atom stereocenters. The molecule has 0 radical (unpaired) electrons. The Balaban J connectivity index is 1.31. The molecule has 2 atom stereocenters. The number of nitrogens with zero attached hydrogens (tertiary/aromatic N) is 4. The maximum atomic E-state index is 13.6. The van der Waals surface area contributed by atoms with E-state index >= 15 is 0 Å². The number of hydrogen-bond acceptors (Lipinski definition) is 5. The lowest BCUT2D eigenvalue weighted by Gasteiger charge is -2.36. The fourth-order valence-electron chi connectivity index (χ4n) is 4.25. The molecule has 1 amide bonds. The molecule has 2 fully saturated rings. The van der Waals surface area contributed by atoms with Gasteiger partial charge in [-0.15, -0.1) is 0 Å². The average Bonchev–Trinajstić information content (AvgIpc) is 3.38. The van der Waals surface area contributed by atoms with E-state index in [-0.39, 0.29) is 23.7 Å². The fourth-order valence-corrected chi connectivity index (χ4v) is 4.25. The summed E-state index contributed by atoms with van der Waals surface area (Å²) < 4.78 is 15.3. The van der Waals surface area contributed by atoms with Crippen LogP contribution in [0.15, 0.2) is 36.9 Å². The summed E-state index contributed by atoms with van der Waals surface area (Å²) in [5.74, 6) is 0.696. The van der Waals surface area contributed by atoms with Crippen LogP contribution in [0.5, 0.6) is 0 Å². The molecular weight excluding hydrogens is 347 g/mol. The second-order valence-electron chi connectivity index (χ2n) is 7.34. The van der Waals surface area contributed by atoms with Gasteiger partial charge in [0.15, 0.2) is 0 Å². The van der Waals surface area contributed by atoms with Crippen LogP contribution in [0.3, 0.4) is 0 Å². The molecule has 1 aromatic heterocycles. The second kappa shape index (κ2) is 8.14. The molecule has 2 aliphatic heterocycles. The van der Waals surface area contributed by atoms with E-state index < -0.39 is 0 Å². The molecule has 2 aliphatic rings. The van der Waals surface area contributed by atoms with Crippen LogP contribution >= 0.6 is 0 Å². The number of rotatable bonds is 5. The first-order valence-corrected chi connectivity index (χ1v) is 9.55. The Morgan fingerprint density at radius 2 is 2.15 bits per heavy atom. The topological polar surface area (TPSA) is 75.1 Å². The first-order chi connectivity index (χ1) is 13.2. The molecule has 2 N–H and O–H groups in total. The lowest BCUT2D eigenvalue weighted by molar-refractivity contribution is -0.133. The van der Waals surface area contributed by atoms with E-state index in [0.29, 0.717) is 18.9 Å². The van der Waals surface area contributed by atoms with Gasteiger partial charge in [-0.25, -0.2) is 9.37 Å². The molecule has 0 aliphatic carbocycles. The third kappa shape index (κ3) is 4.17. The highest BCUT2D eigenvalue weighted by molar-refractivity contribution is 5.76. The first-order valence-electron chi connectivity index (χ1n) is 9.55. The number of piperidine rings is 1. The van der Waals surface area contributed by atoms with Crippen LogP contribution in [-0.4, -0.2) is 51.2 Å². The van der Waals surface area contributed by atoms with Crippen molar-refractivity contribution in [2.24, 2.45) is 5.92 Å². The van der Waals surface area contributed by atoms with Gasteiger partial charge < -0.3 is 4.90 Å². The monoisotopic (exact) mass is 372 g/mol. The van der Waals surface area contributed by atoms with Gasteiger partial charge in [0.2, 0.25) is 5.91 Å². The molecule has 0 bridgehead atoms. The van der Waals surface area contributed by atoms with Crippen molar-refractivity contribution in [1.82, 2.24) is 30.5 Å². The van der Waals surface area contributed by atoms with Gasteiger partial charge in [0.25, 0.3) is 0 Å². The average molecular weight is 372 g/mol. The third-order valence-corrected chi connectivity index (χ3v) is 5.72. The van der Waals surface area contributed by atoms with Crippen molar-refractivity contribution in [2.45, 2.75) is 37.8 Å². The minimum atomic E-state index is -0.189. The zero-order valence-electron chi connectivity index (χ0n) is 15.2. The van der Waals surface area contributed by atoms with Crippen molar-refractivity contribution < 1.29 is 9.18 Å².